The highest BCUT2D eigenvalue weighted by molar-refractivity contribution is 6.08. The Hall–Kier alpha value is -3.26. The van der Waals surface area contributed by atoms with Crippen LogP contribution in [-0.4, -0.2) is 15.9 Å². The van der Waals surface area contributed by atoms with Gasteiger partial charge >= 0.3 is 0 Å². The number of fused-ring (bicyclic) bond motifs is 1. The van der Waals surface area contributed by atoms with Gasteiger partial charge in [0.1, 0.15) is 11.8 Å². The number of rotatable bonds is 2. The number of nitrogens with one attached hydrogen (secondary N) is 1. The maximum Gasteiger partial charge on any atom is 0.274 e. The Morgan fingerprint density at radius 2 is 2.05 bits per heavy atom. The molecule has 0 aliphatic rings. The van der Waals surface area contributed by atoms with E-state index in [9.17, 15) is 4.79 Å². The van der Waals surface area contributed by atoms with Crippen LogP contribution in [0.5, 0.6) is 0 Å². The molecule has 1 N–H and O–H groups in total. The molecule has 0 unspecified atom stereocenters. The molecule has 0 bridgehead atoms. The van der Waals surface area contributed by atoms with Crippen LogP contribution in [-0.2, 0) is 0 Å². The van der Waals surface area contributed by atoms with Crippen molar-refractivity contribution in [1.82, 2.24) is 9.97 Å². The Kier molecular flexibility index (Phi) is 3.27. The fraction of sp³-hybridized carbons (Fsp3) is 0. The van der Waals surface area contributed by atoms with Gasteiger partial charge in [-0.3, -0.25) is 9.78 Å². The molecule has 0 saturated carbocycles. The van der Waals surface area contributed by atoms with Crippen molar-refractivity contribution in [3.63, 3.8) is 0 Å². The first-order chi connectivity index (χ1) is 10.3. The fourth-order valence-corrected chi connectivity index (χ4v) is 2.01. The molecule has 1 amide bonds. The third-order valence-electron chi connectivity index (χ3n) is 3.05. The number of amides is 1. The molecule has 2 heterocycles. The van der Waals surface area contributed by atoms with Crippen LogP contribution in [0, 0.1) is 11.3 Å². The van der Waals surface area contributed by atoms with Crippen molar-refractivity contribution in [2.24, 2.45) is 0 Å². The van der Waals surface area contributed by atoms with Crippen molar-refractivity contribution < 1.29 is 4.79 Å². The number of pyridine rings is 2. The van der Waals surface area contributed by atoms with Gasteiger partial charge in [-0.1, -0.05) is 12.1 Å². The van der Waals surface area contributed by atoms with E-state index in [4.69, 9.17) is 5.26 Å². The van der Waals surface area contributed by atoms with Gasteiger partial charge in [0.05, 0.1) is 5.56 Å². The predicted molar refractivity (Wildman–Crippen MR) is 78.6 cm³/mol. The standard InChI is InChI=1S/C16H10N4O/c17-8-11-4-5-15(19-9-11)16(21)20-14-3-1-2-12-10-18-7-6-13(12)14/h1-7,9-10H,(H,20,21). The molecular weight excluding hydrogens is 264 g/mol. The predicted octanol–water partition coefficient (Wildman–Crippen LogP) is 2.75. The fourth-order valence-electron chi connectivity index (χ4n) is 2.01. The van der Waals surface area contributed by atoms with Crippen LogP contribution in [0.25, 0.3) is 10.8 Å². The average molecular weight is 274 g/mol. The lowest BCUT2D eigenvalue weighted by Gasteiger charge is -2.08. The second-order valence-electron chi connectivity index (χ2n) is 4.40. The number of carbonyl (C=O) groups excluding carboxylic acids is 1. The lowest BCUT2D eigenvalue weighted by atomic mass is 10.1. The minimum absolute atomic E-state index is 0.264. The molecule has 0 aliphatic heterocycles. The zero-order chi connectivity index (χ0) is 14.7. The highest BCUT2D eigenvalue weighted by atomic mass is 16.1. The molecule has 0 saturated heterocycles. The molecule has 2 aromatic heterocycles. The van der Waals surface area contributed by atoms with Crippen molar-refractivity contribution in [2.75, 3.05) is 5.32 Å². The number of nitrogens with zero attached hydrogens (tertiary/aromatic N) is 3. The van der Waals surface area contributed by atoms with E-state index in [-0.39, 0.29) is 11.6 Å². The average Bonchev–Trinajstić information content (AvgIpc) is 2.55. The third kappa shape index (κ3) is 2.55. The molecule has 0 radical (unpaired) electrons. The Bertz CT molecular complexity index is 845. The quantitative estimate of drug-likeness (QED) is 0.779. The second-order valence-corrected chi connectivity index (χ2v) is 4.40. The number of benzene rings is 1. The van der Waals surface area contributed by atoms with E-state index in [0.717, 1.165) is 10.8 Å². The number of carbonyl (C=O) groups is 1. The summed E-state index contributed by atoms with van der Waals surface area (Å²) < 4.78 is 0. The number of hydrogen-bond donors (Lipinski definition) is 1. The number of anilines is 1. The Morgan fingerprint density at radius 3 is 2.81 bits per heavy atom. The smallest absolute Gasteiger partial charge is 0.274 e. The van der Waals surface area contributed by atoms with Crippen LogP contribution in [0.3, 0.4) is 0 Å². The summed E-state index contributed by atoms with van der Waals surface area (Å²) in [5.74, 6) is -0.316. The van der Waals surface area contributed by atoms with E-state index < -0.39 is 0 Å². The van der Waals surface area contributed by atoms with E-state index in [1.165, 1.54) is 12.3 Å². The summed E-state index contributed by atoms with van der Waals surface area (Å²) in [6.45, 7) is 0. The van der Waals surface area contributed by atoms with Gasteiger partial charge < -0.3 is 5.32 Å². The van der Waals surface area contributed by atoms with Crippen LogP contribution in [0.4, 0.5) is 5.69 Å². The normalized spacial score (nSPS) is 10.0. The Labute approximate surface area is 120 Å². The van der Waals surface area contributed by atoms with E-state index in [1.54, 1.807) is 18.5 Å². The van der Waals surface area contributed by atoms with Gasteiger partial charge in [0.15, 0.2) is 0 Å². The first kappa shape index (κ1) is 12.8. The minimum atomic E-state index is -0.316. The molecule has 3 aromatic rings. The maximum atomic E-state index is 12.2. The van der Waals surface area contributed by atoms with Crippen LogP contribution in [0.1, 0.15) is 16.1 Å². The molecule has 5 heteroatoms. The summed E-state index contributed by atoms with van der Waals surface area (Å²) >= 11 is 0. The second kappa shape index (κ2) is 5.39. The SMILES string of the molecule is N#Cc1ccc(C(=O)Nc2cccc3cnccc23)nc1. The van der Waals surface area contributed by atoms with Gasteiger partial charge in [-0.2, -0.15) is 5.26 Å². The lowest BCUT2D eigenvalue weighted by molar-refractivity contribution is 0.102. The largest absolute Gasteiger partial charge is 0.320 e. The number of hydrogen-bond acceptors (Lipinski definition) is 4. The monoisotopic (exact) mass is 274 g/mol. The van der Waals surface area contributed by atoms with Gasteiger partial charge in [-0.15, -0.1) is 0 Å². The Morgan fingerprint density at radius 1 is 1.14 bits per heavy atom. The van der Waals surface area contributed by atoms with E-state index in [2.05, 4.69) is 15.3 Å². The summed E-state index contributed by atoms with van der Waals surface area (Å²) in [5, 5.41) is 13.4. The number of nitriles is 1. The summed E-state index contributed by atoms with van der Waals surface area (Å²) in [5.41, 5.74) is 1.38. The van der Waals surface area contributed by atoms with Crippen LogP contribution < -0.4 is 5.32 Å². The lowest BCUT2D eigenvalue weighted by Crippen LogP contribution is -2.13. The van der Waals surface area contributed by atoms with Gasteiger partial charge in [0.25, 0.3) is 5.91 Å². The number of aromatic nitrogens is 2. The molecule has 0 aliphatic carbocycles. The van der Waals surface area contributed by atoms with Gasteiger partial charge in [0, 0.05) is 35.1 Å². The molecule has 3 rings (SSSR count). The molecule has 0 fully saturated rings. The van der Waals surface area contributed by atoms with E-state index in [0.29, 0.717) is 11.3 Å². The highest BCUT2D eigenvalue weighted by Gasteiger charge is 2.09. The maximum absolute atomic E-state index is 12.2. The molecular formula is C16H10N4O. The van der Waals surface area contributed by atoms with Crippen molar-refractivity contribution in [2.45, 2.75) is 0 Å². The van der Waals surface area contributed by atoms with Crippen LogP contribution >= 0.6 is 0 Å². The topological polar surface area (TPSA) is 78.7 Å². The van der Waals surface area contributed by atoms with Gasteiger partial charge in [-0.05, 0) is 24.3 Å². The van der Waals surface area contributed by atoms with Crippen molar-refractivity contribution in [1.29, 1.82) is 5.26 Å². The van der Waals surface area contributed by atoms with Gasteiger partial charge in [0.2, 0.25) is 0 Å². The zero-order valence-corrected chi connectivity index (χ0v) is 10.9. The van der Waals surface area contributed by atoms with Crippen molar-refractivity contribution in [3.8, 4) is 6.07 Å². The molecule has 0 spiro atoms. The van der Waals surface area contributed by atoms with Crippen LogP contribution in [0.2, 0.25) is 0 Å². The summed E-state index contributed by atoms with van der Waals surface area (Å²) in [6, 6.07) is 12.5. The third-order valence-corrected chi connectivity index (χ3v) is 3.05. The Balaban J connectivity index is 1.91. The molecule has 100 valence electrons. The minimum Gasteiger partial charge on any atom is -0.320 e. The summed E-state index contributed by atoms with van der Waals surface area (Å²) in [4.78, 5) is 20.2. The van der Waals surface area contributed by atoms with Crippen molar-refractivity contribution >= 4 is 22.4 Å². The zero-order valence-electron chi connectivity index (χ0n) is 10.9. The molecule has 21 heavy (non-hydrogen) atoms. The van der Waals surface area contributed by atoms with Crippen molar-refractivity contribution in [3.05, 3.63) is 66.2 Å². The first-order valence-electron chi connectivity index (χ1n) is 6.28. The summed E-state index contributed by atoms with van der Waals surface area (Å²) in [6.07, 6.45) is 4.80. The van der Waals surface area contributed by atoms with Crippen LogP contribution in [0.15, 0.2) is 55.0 Å². The van der Waals surface area contributed by atoms with E-state index in [1.807, 2.05) is 30.3 Å². The van der Waals surface area contributed by atoms with E-state index >= 15 is 0 Å². The molecule has 5 nitrogen and oxygen atoms in total. The highest BCUT2D eigenvalue weighted by Crippen LogP contribution is 2.22. The molecule has 1 aromatic carbocycles. The van der Waals surface area contributed by atoms with Gasteiger partial charge in [-0.25, -0.2) is 4.98 Å². The first-order valence-corrected chi connectivity index (χ1v) is 6.28. The summed E-state index contributed by atoms with van der Waals surface area (Å²) in [7, 11) is 0. The molecule has 0 atom stereocenters.